The second-order valence-electron chi connectivity index (χ2n) is 4.61. The number of morpholine rings is 1. The highest BCUT2D eigenvalue weighted by atomic mass is 16.5. The number of primary amides is 1. The van der Waals surface area contributed by atoms with Gasteiger partial charge in [0.15, 0.2) is 5.60 Å². The number of rotatable bonds is 3. The molecule has 17 heavy (non-hydrogen) atoms. The van der Waals surface area contributed by atoms with Crippen LogP contribution < -0.4 is 5.73 Å². The summed E-state index contributed by atoms with van der Waals surface area (Å²) in [5.74, 6) is 0.556. The monoisotopic (exact) mass is 238 g/mol. The van der Waals surface area contributed by atoms with Crippen molar-refractivity contribution >= 4 is 5.91 Å². The third kappa shape index (κ3) is 2.48. The Morgan fingerprint density at radius 1 is 1.71 bits per heavy atom. The van der Waals surface area contributed by atoms with E-state index in [1.165, 1.54) is 0 Å². The van der Waals surface area contributed by atoms with Gasteiger partial charge in [0.2, 0.25) is 0 Å². The van der Waals surface area contributed by atoms with Gasteiger partial charge in [-0.1, -0.05) is 0 Å². The second-order valence-corrected chi connectivity index (χ2v) is 4.61. The maximum Gasteiger partial charge on any atom is 0.250 e. The maximum atomic E-state index is 11.3. The minimum atomic E-state index is -0.886. The number of ether oxygens (including phenoxy) is 1. The molecule has 0 unspecified atom stereocenters. The van der Waals surface area contributed by atoms with Gasteiger partial charge in [-0.25, -0.2) is 4.98 Å². The van der Waals surface area contributed by atoms with Crippen LogP contribution in [0.15, 0.2) is 12.4 Å². The molecular formula is C11H18N4O2. The summed E-state index contributed by atoms with van der Waals surface area (Å²) in [6.07, 6.45) is 3.67. The Kier molecular flexibility index (Phi) is 3.17. The van der Waals surface area contributed by atoms with Gasteiger partial charge >= 0.3 is 0 Å². The van der Waals surface area contributed by atoms with E-state index in [4.69, 9.17) is 10.5 Å². The number of hydrogen-bond acceptors (Lipinski definition) is 4. The van der Waals surface area contributed by atoms with Crippen molar-refractivity contribution in [2.45, 2.75) is 19.1 Å². The molecule has 1 fully saturated rings. The van der Waals surface area contributed by atoms with Gasteiger partial charge in [-0.3, -0.25) is 9.69 Å². The molecule has 1 aromatic heterocycles. The molecule has 6 heteroatoms. The minimum Gasteiger partial charge on any atom is -0.367 e. The number of nitrogens with two attached hydrogens (primary N) is 1. The number of carbonyl (C=O) groups excluding carboxylic acids is 1. The largest absolute Gasteiger partial charge is 0.367 e. The zero-order chi connectivity index (χ0) is 12.5. The number of nitrogens with zero attached hydrogens (tertiary/aromatic N) is 3. The molecule has 1 atom stereocenters. The van der Waals surface area contributed by atoms with E-state index in [2.05, 4.69) is 9.88 Å². The highest BCUT2D eigenvalue weighted by molar-refractivity contribution is 5.83. The van der Waals surface area contributed by atoms with Crippen molar-refractivity contribution in [3.8, 4) is 0 Å². The zero-order valence-corrected chi connectivity index (χ0v) is 10.2. The first-order valence-corrected chi connectivity index (χ1v) is 5.64. The molecule has 1 saturated heterocycles. The number of aryl methyl sites for hydroxylation is 1. The number of carbonyl (C=O) groups is 1. The molecule has 0 spiro atoms. The van der Waals surface area contributed by atoms with Gasteiger partial charge in [0.25, 0.3) is 5.91 Å². The molecule has 0 bridgehead atoms. The van der Waals surface area contributed by atoms with Crippen molar-refractivity contribution < 1.29 is 9.53 Å². The SMILES string of the molecule is Cn1ccnc1CN1CCO[C@](C)(C(N)=O)C1. The van der Waals surface area contributed by atoms with Gasteiger partial charge in [0.05, 0.1) is 13.2 Å². The molecule has 2 heterocycles. The molecule has 1 aromatic rings. The molecular weight excluding hydrogens is 220 g/mol. The van der Waals surface area contributed by atoms with Crippen molar-refractivity contribution in [3.05, 3.63) is 18.2 Å². The van der Waals surface area contributed by atoms with Gasteiger partial charge in [-0.2, -0.15) is 0 Å². The molecule has 1 aliphatic heterocycles. The zero-order valence-electron chi connectivity index (χ0n) is 10.2. The fourth-order valence-electron chi connectivity index (χ4n) is 1.98. The van der Waals surface area contributed by atoms with E-state index in [1.54, 1.807) is 13.1 Å². The van der Waals surface area contributed by atoms with Gasteiger partial charge in [0, 0.05) is 32.5 Å². The molecule has 0 radical (unpaired) electrons. The van der Waals surface area contributed by atoms with E-state index in [-0.39, 0.29) is 0 Å². The molecule has 6 nitrogen and oxygen atoms in total. The van der Waals surface area contributed by atoms with Crippen LogP contribution in [-0.4, -0.2) is 45.7 Å². The van der Waals surface area contributed by atoms with E-state index in [9.17, 15) is 4.79 Å². The maximum absolute atomic E-state index is 11.3. The number of amides is 1. The van der Waals surface area contributed by atoms with Crippen molar-refractivity contribution in [3.63, 3.8) is 0 Å². The predicted molar refractivity (Wildman–Crippen MR) is 62.0 cm³/mol. The molecule has 1 aliphatic rings. The summed E-state index contributed by atoms with van der Waals surface area (Å²) in [7, 11) is 1.95. The van der Waals surface area contributed by atoms with Crippen LogP contribution in [0.4, 0.5) is 0 Å². The van der Waals surface area contributed by atoms with Crippen LogP contribution >= 0.6 is 0 Å². The smallest absolute Gasteiger partial charge is 0.250 e. The quantitative estimate of drug-likeness (QED) is 0.770. The third-order valence-electron chi connectivity index (χ3n) is 3.16. The van der Waals surface area contributed by atoms with Gasteiger partial charge in [0.1, 0.15) is 5.82 Å². The molecule has 0 saturated carbocycles. The Labute approximate surface area is 100 Å². The van der Waals surface area contributed by atoms with Crippen molar-refractivity contribution in [1.82, 2.24) is 14.5 Å². The summed E-state index contributed by atoms with van der Waals surface area (Å²) in [5, 5.41) is 0. The highest BCUT2D eigenvalue weighted by Gasteiger charge is 2.37. The van der Waals surface area contributed by atoms with Crippen LogP contribution in [0.2, 0.25) is 0 Å². The van der Waals surface area contributed by atoms with Crippen LogP contribution in [0.25, 0.3) is 0 Å². The lowest BCUT2D eigenvalue weighted by Gasteiger charge is -2.38. The number of imidazole rings is 1. The summed E-state index contributed by atoms with van der Waals surface area (Å²) in [5.41, 5.74) is 4.47. The Hall–Kier alpha value is -1.40. The van der Waals surface area contributed by atoms with Crippen molar-refractivity contribution in [2.75, 3.05) is 19.7 Å². The number of hydrogen-bond donors (Lipinski definition) is 1. The lowest BCUT2D eigenvalue weighted by atomic mass is 10.0. The highest BCUT2D eigenvalue weighted by Crippen LogP contribution is 2.18. The molecule has 0 aromatic carbocycles. The van der Waals surface area contributed by atoms with Crippen molar-refractivity contribution in [2.24, 2.45) is 12.8 Å². The Morgan fingerprint density at radius 2 is 2.47 bits per heavy atom. The van der Waals surface area contributed by atoms with Crippen molar-refractivity contribution in [1.29, 1.82) is 0 Å². The minimum absolute atomic E-state index is 0.415. The molecule has 0 aliphatic carbocycles. The molecule has 1 amide bonds. The summed E-state index contributed by atoms with van der Waals surface area (Å²) in [4.78, 5) is 17.7. The lowest BCUT2D eigenvalue weighted by Crippen LogP contribution is -2.56. The van der Waals surface area contributed by atoms with E-state index in [0.29, 0.717) is 19.7 Å². The molecule has 2 rings (SSSR count). The van der Waals surface area contributed by atoms with Crippen LogP contribution in [0, 0.1) is 0 Å². The van der Waals surface area contributed by atoms with Gasteiger partial charge in [-0.15, -0.1) is 0 Å². The first-order chi connectivity index (χ1) is 8.01. The Bertz CT molecular complexity index is 417. The summed E-state index contributed by atoms with van der Waals surface area (Å²) in [6.45, 7) is 4.25. The third-order valence-corrected chi connectivity index (χ3v) is 3.16. The summed E-state index contributed by atoms with van der Waals surface area (Å²) < 4.78 is 7.43. The topological polar surface area (TPSA) is 73.4 Å². The fourth-order valence-corrected chi connectivity index (χ4v) is 1.98. The average molecular weight is 238 g/mol. The second kappa shape index (κ2) is 4.46. The Balaban J connectivity index is 2.03. The first kappa shape index (κ1) is 12.1. The van der Waals surface area contributed by atoms with E-state index in [1.807, 2.05) is 17.8 Å². The number of aromatic nitrogens is 2. The normalized spacial score (nSPS) is 26.0. The predicted octanol–water partition coefficient (Wildman–Crippen LogP) is -0.504. The van der Waals surface area contributed by atoms with Crippen LogP contribution in [0.3, 0.4) is 0 Å². The summed E-state index contributed by atoms with van der Waals surface area (Å²) in [6, 6.07) is 0. The molecule has 2 N–H and O–H groups in total. The van der Waals surface area contributed by atoms with E-state index in [0.717, 1.165) is 12.4 Å². The van der Waals surface area contributed by atoms with Crippen LogP contribution in [0.1, 0.15) is 12.7 Å². The van der Waals surface area contributed by atoms with Gasteiger partial charge in [-0.05, 0) is 6.92 Å². The summed E-state index contributed by atoms with van der Waals surface area (Å²) >= 11 is 0. The van der Waals surface area contributed by atoms with Crippen LogP contribution in [0.5, 0.6) is 0 Å². The molecule has 94 valence electrons. The standard InChI is InChI=1S/C11H18N4O2/c1-11(10(12)16)8-15(5-6-17-11)7-9-13-3-4-14(9)2/h3-4H,5-8H2,1-2H3,(H2,12,16)/t11-/m0/s1. The lowest BCUT2D eigenvalue weighted by molar-refractivity contribution is -0.153. The van der Waals surface area contributed by atoms with E-state index < -0.39 is 11.5 Å². The van der Waals surface area contributed by atoms with E-state index >= 15 is 0 Å². The van der Waals surface area contributed by atoms with Gasteiger partial charge < -0.3 is 15.0 Å². The van der Waals surface area contributed by atoms with Crippen LogP contribution in [-0.2, 0) is 23.1 Å². The average Bonchev–Trinajstić information content (AvgIpc) is 2.64. The fraction of sp³-hybridized carbons (Fsp3) is 0.636. The first-order valence-electron chi connectivity index (χ1n) is 5.64. The Morgan fingerprint density at radius 3 is 3.06 bits per heavy atom.